The second kappa shape index (κ2) is 6.02. The summed E-state index contributed by atoms with van der Waals surface area (Å²) < 4.78 is 0. The van der Waals surface area contributed by atoms with Gasteiger partial charge in [0.15, 0.2) is 0 Å². The highest BCUT2D eigenvalue weighted by molar-refractivity contribution is 6.07. The molecule has 6 nitrogen and oxygen atoms in total. The average molecular weight is 338 g/mol. The van der Waals surface area contributed by atoms with Gasteiger partial charge in [0.1, 0.15) is 5.82 Å². The van der Waals surface area contributed by atoms with Gasteiger partial charge in [0.2, 0.25) is 5.56 Å². The van der Waals surface area contributed by atoms with Crippen molar-refractivity contribution in [2.24, 2.45) is 5.41 Å². The van der Waals surface area contributed by atoms with Crippen LogP contribution in [-0.2, 0) is 0 Å². The van der Waals surface area contributed by atoms with E-state index in [0.717, 1.165) is 24.5 Å². The first-order valence-corrected chi connectivity index (χ1v) is 8.76. The zero-order valence-electron chi connectivity index (χ0n) is 14.3. The highest BCUT2D eigenvalue weighted by atomic mass is 16.2. The highest BCUT2D eigenvalue weighted by Crippen LogP contribution is 2.53. The molecular weight excluding hydrogens is 316 g/mol. The summed E-state index contributed by atoms with van der Waals surface area (Å²) in [5.74, 6) is 0.506. The first-order chi connectivity index (χ1) is 12.0. The van der Waals surface area contributed by atoms with E-state index >= 15 is 0 Å². The number of rotatable bonds is 3. The molecule has 2 fully saturated rings. The quantitative estimate of drug-likeness (QED) is 0.902. The van der Waals surface area contributed by atoms with Crippen LogP contribution in [0.5, 0.6) is 0 Å². The van der Waals surface area contributed by atoms with Gasteiger partial charge in [-0.2, -0.15) is 0 Å². The number of nitrogens with one attached hydrogen (secondary N) is 2. The Hall–Kier alpha value is -2.63. The molecule has 1 aliphatic heterocycles. The van der Waals surface area contributed by atoms with E-state index in [4.69, 9.17) is 0 Å². The fourth-order valence-corrected chi connectivity index (χ4v) is 3.57. The number of hydrogen-bond acceptors (Lipinski definition) is 4. The maximum absolute atomic E-state index is 12.8. The van der Waals surface area contributed by atoms with Crippen molar-refractivity contribution < 1.29 is 4.79 Å². The summed E-state index contributed by atoms with van der Waals surface area (Å²) in [5.41, 5.74) is 2.32. The zero-order valence-corrected chi connectivity index (χ0v) is 14.3. The van der Waals surface area contributed by atoms with Crippen LogP contribution in [0.1, 0.15) is 41.6 Å². The van der Waals surface area contributed by atoms with Crippen LogP contribution in [0.2, 0.25) is 0 Å². The molecule has 0 radical (unpaired) electrons. The lowest BCUT2D eigenvalue weighted by molar-refractivity contribution is 0.102. The minimum atomic E-state index is -0.244. The number of aryl methyl sites for hydroxylation is 1. The second-order valence-corrected chi connectivity index (χ2v) is 7.27. The van der Waals surface area contributed by atoms with Crippen LogP contribution >= 0.6 is 0 Å². The number of H-pyrrole nitrogens is 1. The Labute approximate surface area is 146 Å². The normalized spacial score (nSPS) is 18.2. The highest BCUT2D eigenvalue weighted by Gasteiger charge is 2.44. The molecule has 2 aromatic rings. The van der Waals surface area contributed by atoms with Gasteiger partial charge in [-0.3, -0.25) is 9.59 Å². The van der Waals surface area contributed by atoms with Crippen molar-refractivity contribution in [1.29, 1.82) is 0 Å². The number of piperidine rings is 1. The Morgan fingerprint density at radius 1 is 1.24 bits per heavy atom. The van der Waals surface area contributed by atoms with Crippen molar-refractivity contribution in [2.45, 2.75) is 32.6 Å². The van der Waals surface area contributed by atoms with E-state index in [2.05, 4.69) is 20.2 Å². The van der Waals surface area contributed by atoms with Gasteiger partial charge < -0.3 is 15.2 Å². The smallest absolute Gasteiger partial charge is 0.259 e. The Morgan fingerprint density at radius 2 is 2.00 bits per heavy atom. The van der Waals surface area contributed by atoms with Crippen LogP contribution in [0, 0.1) is 12.3 Å². The maximum atomic E-state index is 12.8. The van der Waals surface area contributed by atoms with Crippen LogP contribution < -0.4 is 15.8 Å². The monoisotopic (exact) mass is 338 g/mol. The number of carbonyl (C=O) groups excluding carboxylic acids is 1. The molecule has 4 rings (SSSR count). The first-order valence-electron chi connectivity index (χ1n) is 8.76. The summed E-state index contributed by atoms with van der Waals surface area (Å²) in [5, 5.41) is 2.81. The van der Waals surface area contributed by atoms with Gasteiger partial charge in [-0.25, -0.2) is 4.98 Å². The number of pyridine rings is 2. The standard InChI is InChI=1S/C19H22N4O2/c1-13-10-15(18(25)22-14-2-7-20-16(24)11-14)17(21-12-13)23-8-5-19(3-4-19)6-9-23/h2,7,10-12H,3-6,8-9H2,1H3,(H2,20,22,24,25). The summed E-state index contributed by atoms with van der Waals surface area (Å²) in [4.78, 5) is 33.5. The van der Waals surface area contributed by atoms with E-state index in [1.807, 2.05) is 13.0 Å². The number of aromatic amines is 1. The molecule has 3 heterocycles. The average Bonchev–Trinajstić information content (AvgIpc) is 3.35. The molecule has 0 atom stereocenters. The van der Waals surface area contributed by atoms with E-state index in [0.29, 0.717) is 16.7 Å². The van der Waals surface area contributed by atoms with Crippen molar-refractivity contribution in [3.63, 3.8) is 0 Å². The summed E-state index contributed by atoms with van der Waals surface area (Å²) in [6.45, 7) is 3.82. The third-order valence-corrected chi connectivity index (χ3v) is 5.36. The van der Waals surface area contributed by atoms with Crippen molar-refractivity contribution in [3.8, 4) is 0 Å². The molecule has 25 heavy (non-hydrogen) atoms. The Balaban J connectivity index is 1.58. The SMILES string of the molecule is Cc1cnc(N2CCC3(CC2)CC3)c(C(=O)Nc2cc[nH]c(=O)c2)c1. The van der Waals surface area contributed by atoms with Crippen LogP contribution in [0.25, 0.3) is 0 Å². The van der Waals surface area contributed by atoms with E-state index in [1.165, 1.54) is 37.9 Å². The third-order valence-electron chi connectivity index (χ3n) is 5.36. The molecule has 0 unspecified atom stereocenters. The topological polar surface area (TPSA) is 78.1 Å². The molecule has 1 saturated heterocycles. The molecule has 1 saturated carbocycles. The zero-order chi connectivity index (χ0) is 17.4. The number of amides is 1. The van der Waals surface area contributed by atoms with Crippen molar-refractivity contribution in [1.82, 2.24) is 9.97 Å². The van der Waals surface area contributed by atoms with E-state index < -0.39 is 0 Å². The molecular formula is C19H22N4O2. The van der Waals surface area contributed by atoms with Gasteiger partial charge in [-0.15, -0.1) is 0 Å². The summed E-state index contributed by atoms with van der Waals surface area (Å²) in [6.07, 6.45) is 8.37. The molecule has 0 bridgehead atoms. The molecule has 130 valence electrons. The predicted octanol–water partition coefficient (Wildman–Crippen LogP) is 2.71. The van der Waals surface area contributed by atoms with Crippen molar-refractivity contribution >= 4 is 17.4 Å². The lowest BCUT2D eigenvalue weighted by Gasteiger charge is -2.34. The Kier molecular flexibility index (Phi) is 3.82. The molecule has 2 N–H and O–H groups in total. The fraction of sp³-hybridized carbons (Fsp3) is 0.421. The number of anilines is 2. The summed E-state index contributed by atoms with van der Waals surface area (Å²) >= 11 is 0. The molecule has 1 aliphatic carbocycles. The fourth-order valence-electron chi connectivity index (χ4n) is 3.57. The minimum absolute atomic E-state index is 0.233. The van der Waals surface area contributed by atoms with Crippen molar-refractivity contribution in [2.75, 3.05) is 23.3 Å². The van der Waals surface area contributed by atoms with Gasteiger partial charge in [-0.1, -0.05) is 0 Å². The van der Waals surface area contributed by atoms with E-state index in [-0.39, 0.29) is 11.5 Å². The summed E-state index contributed by atoms with van der Waals surface area (Å²) in [7, 11) is 0. The number of carbonyl (C=O) groups is 1. The third kappa shape index (κ3) is 3.29. The van der Waals surface area contributed by atoms with Gasteiger partial charge in [0, 0.05) is 37.2 Å². The van der Waals surface area contributed by atoms with Crippen LogP contribution in [-0.4, -0.2) is 29.0 Å². The number of hydrogen-bond donors (Lipinski definition) is 2. The van der Waals surface area contributed by atoms with Crippen LogP contribution in [0.15, 0.2) is 35.4 Å². The van der Waals surface area contributed by atoms with Crippen molar-refractivity contribution in [3.05, 3.63) is 52.1 Å². The molecule has 2 aliphatic rings. The van der Waals surface area contributed by atoms with Gasteiger partial charge in [0.25, 0.3) is 5.91 Å². The number of aromatic nitrogens is 2. The number of nitrogens with zero attached hydrogens (tertiary/aromatic N) is 2. The molecule has 0 aromatic carbocycles. The van der Waals surface area contributed by atoms with Gasteiger partial charge in [0.05, 0.1) is 5.56 Å². The van der Waals surface area contributed by atoms with Gasteiger partial charge >= 0.3 is 0 Å². The van der Waals surface area contributed by atoms with Gasteiger partial charge in [-0.05, 0) is 55.7 Å². The predicted molar refractivity (Wildman–Crippen MR) is 97.1 cm³/mol. The molecule has 2 aromatic heterocycles. The van der Waals surface area contributed by atoms with Crippen LogP contribution in [0.3, 0.4) is 0 Å². The Morgan fingerprint density at radius 3 is 2.68 bits per heavy atom. The lowest BCUT2D eigenvalue weighted by Crippen LogP contribution is -2.36. The van der Waals surface area contributed by atoms with E-state index in [1.54, 1.807) is 12.3 Å². The molecule has 1 spiro atoms. The van der Waals surface area contributed by atoms with Crippen LogP contribution in [0.4, 0.5) is 11.5 Å². The maximum Gasteiger partial charge on any atom is 0.259 e. The largest absolute Gasteiger partial charge is 0.356 e. The summed E-state index contributed by atoms with van der Waals surface area (Å²) in [6, 6.07) is 4.91. The lowest BCUT2D eigenvalue weighted by atomic mass is 9.93. The molecule has 6 heteroatoms. The Bertz CT molecular complexity index is 860. The minimum Gasteiger partial charge on any atom is -0.356 e. The second-order valence-electron chi connectivity index (χ2n) is 7.27. The first kappa shape index (κ1) is 15.9. The van der Waals surface area contributed by atoms with E-state index in [9.17, 15) is 9.59 Å². The molecule has 1 amide bonds.